The smallest absolute Gasteiger partial charge is 0.356 e. The van der Waals surface area contributed by atoms with E-state index in [1.54, 1.807) is 18.2 Å². The molecule has 20 heavy (non-hydrogen) atoms. The van der Waals surface area contributed by atoms with Gasteiger partial charge in [-0.15, -0.1) is 0 Å². The molecule has 0 unspecified atom stereocenters. The predicted molar refractivity (Wildman–Crippen MR) is 74.2 cm³/mol. The molecule has 4 nitrogen and oxygen atoms in total. The van der Waals surface area contributed by atoms with Crippen LogP contribution in [0.5, 0.6) is 0 Å². The average Bonchev–Trinajstić information content (AvgIpc) is 2.47. The summed E-state index contributed by atoms with van der Waals surface area (Å²) in [6, 6.07) is 9.87. The molecule has 1 aromatic carbocycles. The van der Waals surface area contributed by atoms with Crippen LogP contribution in [0.2, 0.25) is 0 Å². The highest BCUT2D eigenvalue weighted by atomic mass is 19.1. The number of carbonyl (C=O) groups is 1. The molecule has 2 aromatic rings. The van der Waals surface area contributed by atoms with Gasteiger partial charge in [0.25, 0.3) is 0 Å². The lowest BCUT2D eigenvalue weighted by Crippen LogP contribution is -2.08. The Morgan fingerprint density at radius 1 is 1.35 bits per heavy atom. The van der Waals surface area contributed by atoms with Crippen molar-refractivity contribution < 1.29 is 13.9 Å². The molecule has 2 rings (SSSR count). The molecule has 0 aliphatic rings. The van der Waals surface area contributed by atoms with Crippen molar-refractivity contribution >= 4 is 11.7 Å². The molecule has 0 atom stereocenters. The van der Waals surface area contributed by atoms with E-state index < -0.39 is 5.97 Å². The van der Waals surface area contributed by atoms with Gasteiger partial charge < -0.3 is 10.1 Å². The molecule has 0 fully saturated rings. The molecule has 1 N–H and O–H groups in total. The molecule has 0 spiro atoms. The quantitative estimate of drug-likeness (QED) is 0.852. The summed E-state index contributed by atoms with van der Waals surface area (Å²) >= 11 is 0. The molecule has 0 radical (unpaired) electrons. The monoisotopic (exact) mass is 274 g/mol. The molecule has 5 heteroatoms. The molecule has 104 valence electrons. The number of benzene rings is 1. The van der Waals surface area contributed by atoms with Gasteiger partial charge in [-0.25, -0.2) is 14.2 Å². The number of methoxy groups -OCH3 is 1. The van der Waals surface area contributed by atoms with E-state index in [1.807, 2.05) is 6.07 Å². The number of aromatic nitrogens is 1. The summed E-state index contributed by atoms with van der Waals surface area (Å²) in [5.74, 6) is -0.710. The van der Waals surface area contributed by atoms with E-state index in [4.69, 9.17) is 0 Å². The number of hydrogen-bond acceptors (Lipinski definition) is 4. The van der Waals surface area contributed by atoms with E-state index in [1.165, 1.54) is 25.4 Å². The fourth-order valence-corrected chi connectivity index (χ4v) is 1.80. The minimum Gasteiger partial charge on any atom is -0.464 e. The Bertz CT molecular complexity index is 602. The SMILES string of the molecule is COC(=O)c1cc(NCCc2cccc(F)c2)ccn1. The summed E-state index contributed by atoms with van der Waals surface area (Å²) in [5.41, 5.74) is 1.94. The molecule has 1 aromatic heterocycles. The van der Waals surface area contributed by atoms with E-state index in [-0.39, 0.29) is 11.5 Å². The van der Waals surface area contributed by atoms with Gasteiger partial charge in [0.05, 0.1) is 7.11 Å². The largest absolute Gasteiger partial charge is 0.464 e. The van der Waals surface area contributed by atoms with Crippen LogP contribution in [0, 0.1) is 5.82 Å². The Kier molecular flexibility index (Phi) is 4.65. The molecule has 0 saturated carbocycles. The average molecular weight is 274 g/mol. The Morgan fingerprint density at radius 2 is 2.20 bits per heavy atom. The fraction of sp³-hybridized carbons (Fsp3) is 0.200. The van der Waals surface area contributed by atoms with Crippen LogP contribution in [-0.2, 0) is 11.2 Å². The van der Waals surface area contributed by atoms with E-state index in [9.17, 15) is 9.18 Å². The molecular formula is C15H15FN2O2. The van der Waals surface area contributed by atoms with E-state index in [0.29, 0.717) is 13.0 Å². The molecule has 0 amide bonds. The third-order valence-electron chi connectivity index (χ3n) is 2.79. The van der Waals surface area contributed by atoms with Crippen LogP contribution >= 0.6 is 0 Å². The maximum absolute atomic E-state index is 13.0. The highest BCUT2D eigenvalue weighted by molar-refractivity contribution is 5.88. The summed E-state index contributed by atoms with van der Waals surface area (Å²) in [4.78, 5) is 15.3. The van der Waals surface area contributed by atoms with Gasteiger partial charge in [0, 0.05) is 18.4 Å². The Labute approximate surface area is 116 Å². The number of rotatable bonds is 5. The normalized spacial score (nSPS) is 10.1. The molecule has 0 aliphatic carbocycles. The Hall–Kier alpha value is -2.43. The number of anilines is 1. The van der Waals surface area contributed by atoms with Crippen molar-refractivity contribution in [1.29, 1.82) is 0 Å². The summed E-state index contributed by atoms with van der Waals surface area (Å²) in [5, 5.41) is 3.16. The number of hydrogen-bond donors (Lipinski definition) is 1. The van der Waals surface area contributed by atoms with Gasteiger partial charge >= 0.3 is 5.97 Å². The van der Waals surface area contributed by atoms with Crippen molar-refractivity contribution in [1.82, 2.24) is 4.98 Å². The fourth-order valence-electron chi connectivity index (χ4n) is 1.80. The number of carbonyl (C=O) groups excluding carboxylic acids is 1. The second-order valence-electron chi connectivity index (χ2n) is 4.23. The van der Waals surface area contributed by atoms with Crippen LogP contribution in [0.1, 0.15) is 16.1 Å². The summed E-state index contributed by atoms with van der Waals surface area (Å²) in [6.07, 6.45) is 2.23. The molecule has 0 saturated heterocycles. The molecule has 1 heterocycles. The lowest BCUT2D eigenvalue weighted by molar-refractivity contribution is 0.0594. The van der Waals surface area contributed by atoms with Crippen LogP contribution in [0.4, 0.5) is 10.1 Å². The Balaban J connectivity index is 1.92. The third-order valence-corrected chi connectivity index (χ3v) is 2.79. The first-order valence-electron chi connectivity index (χ1n) is 6.22. The van der Waals surface area contributed by atoms with Crippen LogP contribution in [0.15, 0.2) is 42.6 Å². The zero-order valence-corrected chi connectivity index (χ0v) is 11.1. The van der Waals surface area contributed by atoms with Crippen molar-refractivity contribution in [2.24, 2.45) is 0 Å². The topological polar surface area (TPSA) is 51.2 Å². The maximum atomic E-state index is 13.0. The minimum absolute atomic E-state index is 0.237. The van der Waals surface area contributed by atoms with Crippen molar-refractivity contribution in [3.63, 3.8) is 0 Å². The lowest BCUT2D eigenvalue weighted by Gasteiger charge is -2.07. The number of nitrogens with one attached hydrogen (secondary N) is 1. The van der Waals surface area contributed by atoms with Crippen LogP contribution in [0.25, 0.3) is 0 Å². The number of nitrogens with zero attached hydrogens (tertiary/aromatic N) is 1. The van der Waals surface area contributed by atoms with Crippen molar-refractivity contribution in [2.75, 3.05) is 19.0 Å². The van der Waals surface area contributed by atoms with Crippen LogP contribution < -0.4 is 5.32 Å². The van der Waals surface area contributed by atoms with Crippen LogP contribution in [-0.4, -0.2) is 24.6 Å². The van der Waals surface area contributed by atoms with Crippen molar-refractivity contribution in [2.45, 2.75) is 6.42 Å². The van der Waals surface area contributed by atoms with Gasteiger partial charge in [0.1, 0.15) is 11.5 Å². The van der Waals surface area contributed by atoms with Gasteiger partial charge in [0.15, 0.2) is 0 Å². The first kappa shape index (κ1) is 14.0. The Morgan fingerprint density at radius 3 is 2.95 bits per heavy atom. The summed E-state index contributed by atoms with van der Waals surface area (Å²) in [6.45, 7) is 0.633. The highest BCUT2D eigenvalue weighted by Gasteiger charge is 2.07. The summed E-state index contributed by atoms with van der Waals surface area (Å²) < 4.78 is 17.6. The zero-order chi connectivity index (χ0) is 14.4. The van der Waals surface area contributed by atoms with E-state index >= 15 is 0 Å². The number of esters is 1. The van der Waals surface area contributed by atoms with Gasteiger partial charge in [-0.3, -0.25) is 0 Å². The second kappa shape index (κ2) is 6.65. The molecular weight excluding hydrogens is 259 g/mol. The van der Waals surface area contributed by atoms with Crippen molar-refractivity contribution in [3.05, 3.63) is 59.7 Å². The highest BCUT2D eigenvalue weighted by Crippen LogP contribution is 2.10. The minimum atomic E-state index is -0.473. The van der Waals surface area contributed by atoms with E-state index in [2.05, 4.69) is 15.0 Å². The number of pyridine rings is 1. The van der Waals surface area contributed by atoms with Gasteiger partial charge in [-0.2, -0.15) is 0 Å². The summed E-state index contributed by atoms with van der Waals surface area (Å²) in [7, 11) is 1.31. The first-order chi connectivity index (χ1) is 9.69. The number of halogens is 1. The third kappa shape index (κ3) is 3.78. The number of ether oxygens (including phenoxy) is 1. The van der Waals surface area contributed by atoms with Gasteiger partial charge in [-0.1, -0.05) is 12.1 Å². The van der Waals surface area contributed by atoms with Gasteiger partial charge in [0.2, 0.25) is 0 Å². The van der Waals surface area contributed by atoms with Crippen LogP contribution in [0.3, 0.4) is 0 Å². The first-order valence-corrected chi connectivity index (χ1v) is 6.22. The van der Waals surface area contributed by atoms with Crippen molar-refractivity contribution in [3.8, 4) is 0 Å². The molecule has 0 aliphatic heterocycles. The second-order valence-corrected chi connectivity index (χ2v) is 4.23. The van der Waals surface area contributed by atoms with E-state index in [0.717, 1.165) is 11.3 Å². The maximum Gasteiger partial charge on any atom is 0.356 e. The lowest BCUT2D eigenvalue weighted by atomic mass is 10.1. The standard InChI is InChI=1S/C15H15FN2O2/c1-20-15(19)14-10-13(6-8-18-14)17-7-5-11-3-2-4-12(16)9-11/h2-4,6,8-10H,5,7H2,1H3,(H,17,18). The predicted octanol–water partition coefficient (Wildman–Crippen LogP) is 2.66. The zero-order valence-electron chi connectivity index (χ0n) is 11.1. The van der Waals surface area contributed by atoms with Gasteiger partial charge in [-0.05, 0) is 36.2 Å². The molecule has 0 bridgehead atoms.